The van der Waals surface area contributed by atoms with Crippen LogP contribution in [0.2, 0.25) is 10.2 Å². The largest absolute Gasteiger partial charge is 0.494 e. The van der Waals surface area contributed by atoms with Gasteiger partial charge in [-0.15, -0.1) is 5.10 Å². The molecule has 3 rings (SSSR count). The fourth-order valence-corrected chi connectivity index (χ4v) is 2.35. The van der Waals surface area contributed by atoms with Crippen molar-refractivity contribution in [1.82, 2.24) is 20.0 Å². The number of halogens is 2. The molecule has 0 N–H and O–H groups in total. The van der Waals surface area contributed by atoms with Gasteiger partial charge in [-0.05, 0) is 24.3 Å². The summed E-state index contributed by atoms with van der Waals surface area (Å²) >= 11 is 12.0. The molecule has 1 aromatic carbocycles. The number of methoxy groups -OCH3 is 1. The van der Waals surface area contributed by atoms with Gasteiger partial charge in [0.1, 0.15) is 5.75 Å². The molecule has 0 bridgehead atoms. The lowest BCUT2D eigenvalue weighted by atomic mass is 10.0. The molecule has 3 aromatic rings. The Labute approximate surface area is 131 Å². The minimum absolute atomic E-state index is 0.317. The quantitative estimate of drug-likeness (QED) is 0.739. The van der Waals surface area contributed by atoms with Crippen LogP contribution in [0.4, 0.5) is 0 Å². The van der Waals surface area contributed by atoms with E-state index in [-0.39, 0.29) is 0 Å². The molecule has 5 nitrogen and oxygen atoms in total. The monoisotopic (exact) mass is 320 g/mol. The average molecular weight is 321 g/mol. The average Bonchev–Trinajstić information content (AvgIpc) is 2.93. The topological polar surface area (TPSA) is 52.8 Å². The number of pyridine rings is 1. The first kappa shape index (κ1) is 13.9. The Bertz CT molecular complexity index is 788. The van der Waals surface area contributed by atoms with E-state index < -0.39 is 0 Å². The zero-order valence-corrected chi connectivity index (χ0v) is 12.5. The van der Waals surface area contributed by atoms with E-state index in [9.17, 15) is 0 Å². The summed E-state index contributed by atoms with van der Waals surface area (Å²) < 4.78 is 6.95. The Kier molecular flexibility index (Phi) is 3.77. The molecule has 0 unspecified atom stereocenters. The summed E-state index contributed by atoms with van der Waals surface area (Å²) in [5.41, 5.74) is 2.50. The van der Waals surface area contributed by atoms with Crippen LogP contribution in [0.15, 0.2) is 42.9 Å². The molecular weight excluding hydrogens is 311 g/mol. The molecule has 0 aliphatic heterocycles. The molecule has 0 saturated heterocycles. The molecule has 2 heterocycles. The van der Waals surface area contributed by atoms with Crippen LogP contribution in [0, 0.1) is 0 Å². The lowest BCUT2D eigenvalue weighted by Gasteiger charge is -2.12. The van der Waals surface area contributed by atoms with Crippen LogP contribution in [0.5, 0.6) is 5.75 Å². The third kappa shape index (κ3) is 2.70. The van der Waals surface area contributed by atoms with E-state index in [0.29, 0.717) is 15.9 Å². The van der Waals surface area contributed by atoms with Gasteiger partial charge in [0, 0.05) is 22.3 Å². The highest BCUT2D eigenvalue weighted by Gasteiger charge is 2.13. The van der Waals surface area contributed by atoms with Crippen molar-refractivity contribution in [2.24, 2.45) is 0 Å². The summed E-state index contributed by atoms with van der Waals surface area (Å²) in [5, 5.41) is 8.71. The van der Waals surface area contributed by atoms with Crippen LogP contribution < -0.4 is 4.74 Å². The molecule has 0 radical (unpaired) electrons. The number of hydrogen-bond donors (Lipinski definition) is 0. The summed E-state index contributed by atoms with van der Waals surface area (Å²) in [6, 6.07) is 7.32. The molecule has 2 aromatic heterocycles. The van der Waals surface area contributed by atoms with Crippen molar-refractivity contribution in [3.8, 4) is 22.6 Å². The van der Waals surface area contributed by atoms with E-state index in [1.54, 1.807) is 36.4 Å². The van der Waals surface area contributed by atoms with Gasteiger partial charge in [-0.1, -0.05) is 28.4 Å². The number of rotatable bonds is 3. The fraction of sp³-hybridized carbons (Fsp3) is 0.0714. The highest BCUT2D eigenvalue weighted by atomic mass is 35.5. The molecule has 0 saturated carbocycles. The van der Waals surface area contributed by atoms with Gasteiger partial charge in [0.2, 0.25) is 0 Å². The van der Waals surface area contributed by atoms with Crippen LogP contribution in [0.3, 0.4) is 0 Å². The minimum atomic E-state index is 0.317. The van der Waals surface area contributed by atoms with E-state index in [1.165, 1.54) is 0 Å². The highest BCUT2D eigenvalue weighted by Crippen LogP contribution is 2.35. The van der Waals surface area contributed by atoms with Gasteiger partial charge < -0.3 is 4.74 Å². The molecular formula is C14H10Cl2N4O. The van der Waals surface area contributed by atoms with E-state index in [2.05, 4.69) is 15.3 Å². The Morgan fingerprint density at radius 3 is 2.71 bits per heavy atom. The normalized spacial score (nSPS) is 10.6. The Hall–Kier alpha value is -2.11. The second kappa shape index (κ2) is 5.71. The van der Waals surface area contributed by atoms with Crippen molar-refractivity contribution in [2.45, 2.75) is 0 Å². The summed E-state index contributed by atoms with van der Waals surface area (Å²) in [6.45, 7) is 0. The Balaban J connectivity index is 2.24. The molecule has 0 fully saturated rings. The second-order valence-electron chi connectivity index (χ2n) is 4.22. The maximum Gasteiger partial charge on any atom is 0.171 e. The van der Waals surface area contributed by atoms with Crippen molar-refractivity contribution in [1.29, 1.82) is 0 Å². The first-order chi connectivity index (χ1) is 10.2. The van der Waals surface area contributed by atoms with Gasteiger partial charge in [0.25, 0.3) is 0 Å². The van der Waals surface area contributed by atoms with Gasteiger partial charge in [-0.3, -0.25) is 4.98 Å². The van der Waals surface area contributed by atoms with E-state index >= 15 is 0 Å². The molecule has 0 atom stereocenters. The number of hydrogen-bond acceptors (Lipinski definition) is 4. The zero-order valence-electron chi connectivity index (χ0n) is 11.0. The van der Waals surface area contributed by atoms with E-state index in [0.717, 1.165) is 16.8 Å². The van der Waals surface area contributed by atoms with Crippen LogP contribution in [-0.2, 0) is 0 Å². The number of aromatic nitrogens is 4. The Morgan fingerprint density at radius 2 is 2.00 bits per heavy atom. The number of ether oxygens (including phenoxy) is 1. The van der Waals surface area contributed by atoms with Crippen molar-refractivity contribution < 1.29 is 4.74 Å². The van der Waals surface area contributed by atoms with Gasteiger partial charge in [0.05, 0.1) is 25.2 Å². The van der Waals surface area contributed by atoms with E-state index in [1.807, 2.05) is 18.2 Å². The van der Waals surface area contributed by atoms with Gasteiger partial charge in [0.15, 0.2) is 5.15 Å². The zero-order chi connectivity index (χ0) is 14.8. The predicted octanol–water partition coefficient (Wildman–Crippen LogP) is 3.64. The van der Waals surface area contributed by atoms with Gasteiger partial charge in [-0.25, -0.2) is 4.68 Å². The smallest absolute Gasteiger partial charge is 0.171 e. The SMILES string of the molecule is COc1cnccc1-c1cc(Cl)ccc1-n1cc(Cl)nn1. The number of nitrogens with zero attached hydrogens (tertiary/aromatic N) is 4. The minimum Gasteiger partial charge on any atom is -0.494 e. The van der Waals surface area contributed by atoms with Crippen LogP contribution >= 0.6 is 23.2 Å². The molecule has 21 heavy (non-hydrogen) atoms. The van der Waals surface area contributed by atoms with Crippen LogP contribution in [0.1, 0.15) is 0 Å². The van der Waals surface area contributed by atoms with Crippen molar-refractivity contribution in [3.05, 3.63) is 53.0 Å². The van der Waals surface area contributed by atoms with Crippen LogP contribution in [-0.4, -0.2) is 27.1 Å². The first-order valence-corrected chi connectivity index (χ1v) is 6.81. The molecule has 7 heteroatoms. The van der Waals surface area contributed by atoms with Crippen molar-refractivity contribution in [2.75, 3.05) is 7.11 Å². The molecule has 0 amide bonds. The van der Waals surface area contributed by atoms with Crippen molar-refractivity contribution in [3.63, 3.8) is 0 Å². The lowest BCUT2D eigenvalue weighted by molar-refractivity contribution is 0.414. The summed E-state index contributed by atoms with van der Waals surface area (Å²) in [7, 11) is 1.59. The maximum atomic E-state index is 6.13. The number of benzene rings is 1. The summed E-state index contributed by atoms with van der Waals surface area (Å²) in [6.07, 6.45) is 4.97. The molecule has 0 aliphatic carbocycles. The molecule has 0 aliphatic rings. The molecule has 0 spiro atoms. The van der Waals surface area contributed by atoms with E-state index in [4.69, 9.17) is 27.9 Å². The summed E-state index contributed by atoms with van der Waals surface area (Å²) in [4.78, 5) is 4.06. The van der Waals surface area contributed by atoms with Gasteiger partial charge >= 0.3 is 0 Å². The van der Waals surface area contributed by atoms with Crippen LogP contribution in [0.25, 0.3) is 16.8 Å². The summed E-state index contributed by atoms with van der Waals surface area (Å²) in [5.74, 6) is 0.646. The predicted molar refractivity (Wildman–Crippen MR) is 81.2 cm³/mol. The fourth-order valence-electron chi connectivity index (χ4n) is 2.05. The molecule has 106 valence electrons. The standard InChI is InChI=1S/C14H10Cl2N4O/c1-21-13-7-17-5-4-10(13)11-6-9(15)2-3-12(11)20-8-14(16)18-19-20/h2-8H,1H3. The first-order valence-electron chi connectivity index (χ1n) is 6.05. The highest BCUT2D eigenvalue weighted by molar-refractivity contribution is 6.31. The lowest BCUT2D eigenvalue weighted by Crippen LogP contribution is -1.99. The Morgan fingerprint density at radius 1 is 1.14 bits per heavy atom. The van der Waals surface area contributed by atoms with Gasteiger partial charge in [-0.2, -0.15) is 0 Å². The third-order valence-corrected chi connectivity index (χ3v) is 3.37. The maximum absolute atomic E-state index is 6.13. The third-order valence-electron chi connectivity index (χ3n) is 2.97. The van der Waals surface area contributed by atoms with Crippen molar-refractivity contribution >= 4 is 23.2 Å². The second-order valence-corrected chi connectivity index (χ2v) is 5.05.